The van der Waals surface area contributed by atoms with E-state index in [2.05, 4.69) is 77.4 Å². The highest BCUT2D eigenvalue weighted by molar-refractivity contribution is 7.99. The zero-order valence-electron chi connectivity index (χ0n) is 11.7. The molecule has 1 nitrogen and oxygen atoms in total. The molecule has 0 saturated heterocycles. The fraction of sp³-hybridized carbons (Fsp3) is 0.105. The third kappa shape index (κ3) is 2.36. The molecule has 0 saturated carbocycles. The van der Waals surface area contributed by atoms with Crippen molar-refractivity contribution in [3.05, 3.63) is 72.8 Å². The van der Waals surface area contributed by atoms with Crippen LogP contribution in [-0.2, 0) is 6.54 Å². The summed E-state index contributed by atoms with van der Waals surface area (Å²) in [6.45, 7) is 1.10. The van der Waals surface area contributed by atoms with Gasteiger partial charge in [-0.3, -0.25) is 0 Å². The predicted molar refractivity (Wildman–Crippen MR) is 88.2 cm³/mol. The van der Waals surface area contributed by atoms with E-state index in [0.717, 1.165) is 12.3 Å². The van der Waals surface area contributed by atoms with Gasteiger partial charge in [-0.15, -0.1) is 0 Å². The van der Waals surface area contributed by atoms with E-state index in [4.69, 9.17) is 0 Å². The van der Waals surface area contributed by atoms with Crippen LogP contribution in [0.3, 0.4) is 0 Å². The molecule has 0 unspecified atom stereocenters. The number of nitrogens with zero attached hydrogens (tertiary/aromatic N) is 1. The summed E-state index contributed by atoms with van der Waals surface area (Å²) in [4.78, 5) is 0. The van der Waals surface area contributed by atoms with Crippen molar-refractivity contribution in [1.82, 2.24) is 0 Å². The van der Waals surface area contributed by atoms with Gasteiger partial charge in [0.1, 0.15) is 0 Å². The molecule has 3 aromatic rings. The largest absolute Gasteiger partial charge is 0.241 e. The van der Waals surface area contributed by atoms with Gasteiger partial charge in [0.2, 0.25) is 10.7 Å². The maximum atomic E-state index is 2.44. The number of pyridine rings is 1. The van der Waals surface area contributed by atoms with Gasteiger partial charge in [0.25, 0.3) is 0 Å². The Labute approximate surface area is 129 Å². The molecule has 0 N–H and O–H groups in total. The normalized spacial score (nSPS) is 13.1. The Morgan fingerprint density at radius 2 is 1.38 bits per heavy atom. The summed E-state index contributed by atoms with van der Waals surface area (Å²) in [5.74, 6) is 1.16. The van der Waals surface area contributed by atoms with Crippen molar-refractivity contribution in [2.24, 2.45) is 0 Å². The first-order valence-corrected chi connectivity index (χ1v) is 8.22. The highest BCUT2D eigenvalue weighted by Crippen LogP contribution is 2.30. The van der Waals surface area contributed by atoms with Crippen LogP contribution in [0.25, 0.3) is 22.4 Å². The molecule has 4 rings (SSSR count). The molecule has 1 aromatic heterocycles. The lowest BCUT2D eigenvalue weighted by Gasteiger charge is -2.06. The van der Waals surface area contributed by atoms with Crippen LogP contribution < -0.4 is 4.57 Å². The maximum absolute atomic E-state index is 2.44. The minimum Gasteiger partial charge on any atom is -0.185 e. The molecule has 1 aliphatic heterocycles. The first-order chi connectivity index (χ1) is 10.4. The van der Waals surface area contributed by atoms with E-state index in [1.165, 1.54) is 27.4 Å². The van der Waals surface area contributed by atoms with E-state index in [0.29, 0.717) is 0 Å². The Balaban J connectivity index is 1.92. The van der Waals surface area contributed by atoms with Gasteiger partial charge >= 0.3 is 0 Å². The first-order valence-electron chi connectivity index (χ1n) is 7.23. The summed E-state index contributed by atoms with van der Waals surface area (Å²) >= 11 is 1.95. The number of fused-ring (bicyclic) bond motifs is 1. The molecule has 102 valence electrons. The van der Waals surface area contributed by atoms with Gasteiger partial charge in [0.15, 0.2) is 6.54 Å². The molecular formula is C19H16NS+. The highest BCUT2D eigenvalue weighted by atomic mass is 32.2. The van der Waals surface area contributed by atoms with Gasteiger partial charge in [0.05, 0.1) is 5.75 Å². The summed E-state index contributed by atoms with van der Waals surface area (Å²) in [7, 11) is 0. The van der Waals surface area contributed by atoms with E-state index in [1.54, 1.807) is 0 Å². The second kappa shape index (κ2) is 5.38. The van der Waals surface area contributed by atoms with Crippen LogP contribution in [0.2, 0.25) is 0 Å². The Kier molecular flexibility index (Phi) is 3.24. The quantitative estimate of drug-likeness (QED) is 0.632. The average molecular weight is 290 g/mol. The molecule has 1 aliphatic rings. The van der Waals surface area contributed by atoms with Crippen molar-refractivity contribution in [2.45, 2.75) is 11.6 Å². The fourth-order valence-corrected chi connectivity index (χ4v) is 3.87. The molecule has 0 aliphatic carbocycles. The SMILES string of the molecule is c1ccc(-c2cc3[n+](c(-c4ccccc4)c2)CCS3)cc1. The summed E-state index contributed by atoms with van der Waals surface area (Å²) in [6.07, 6.45) is 0. The summed E-state index contributed by atoms with van der Waals surface area (Å²) < 4.78 is 2.44. The average Bonchev–Trinajstić information content (AvgIpc) is 3.04. The molecule has 0 atom stereocenters. The Bertz CT molecular complexity index is 766. The number of hydrogen-bond acceptors (Lipinski definition) is 1. The van der Waals surface area contributed by atoms with Crippen LogP contribution in [0.15, 0.2) is 77.8 Å². The van der Waals surface area contributed by atoms with E-state index in [9.17, 15) is 0 Å². The zero-order chi connectivity index (χ0) is 14.1. The third-order valence-corrected chi connectivity index (χ3v) is 4.89. The smallest absolute Gasteiger partial charge is 0.185 e. The molecule has 2 heteroatoms. The minimum absolute atomic E-state index is 1.10. The van der Waals surface area contributed by atoms with Crippen LogP contribution in [0.4, 0.5) is 0 Å². The Morgan fingerprint density at radius 1 is 0.714 bits per heavy atom. The molecule has 21 heavy (non-hydrogen) atoms. The van der Waals surface area contributed by atoms with E-state index < -0.39 is 0 Å². The van der Waals surface area contributed by atoms with Crippen LogP contribution >= 0.6 is 11.8 Å². The lowest BCUT2D eigenvalue weighted by Crippen LogP contribution is -2.35. The van der Waals surface area contributed by atoms with Crippen LogP contribution in [-0.4, -0.2) is 5.75 Å². The first kappa shape index (κ1) is 12.7. The van der Waals surface area contributed by atoms with Crippen LogP contribution in [0.5, 0.6) is 0 Å². The van der Waals surface area contributed by atoms with Gasteiger partial charge in [-0.2, -0.15) is 4.57 Å². The molecule has 2 heterocycles. The number of hydrogen-bond donors (Lipinski definition) is 0. The van der Waals surface area contributed by atoms with Crippen molar-refractivity contribution >= 4 is 11.8 Å². The Morgan fingerprint density at radius 3 is 2.10 bits per heavy atom. The molecule has 0 spiro atoms. The van der Waals surface area contributed by atoms with Crippen molar-refractivity contribution in [3.63, 3.8) is 0 Å². The van der Waals surface area contributed by atoms with E-state index in [-0.39, 0.29) is 0 Å². The lowest BCUT2D eigenvalue weighted by atomic mass is 10.0. The Hall–Kier alpha value is -2.06. The summed E-state index contributed by atoms with van der Waals surface area (Å²) in [6, 6.07) is 26.0. The molecule has 0 fully saturated rings. The van der Waals surface area contributed by atoms with Gasteiger partial charge in [-0.05, 0) is 23.3 Å². The van der Waals surface area contributed by atoms with E-state index in [1.807, 2.05) is 11.8 Å². The van der Waals surface area contributed by atoms with Gasteiger partial charge < -0.3 is 0 Å². The lowest BCUT2D eigenvalue weighted by molar-refractivity contribution is -0.712. The van der Waals surface area contributed by atoms with Gasteiger partial charge in [0, 0.05) is 17.7 Å². The predicted octanol–water partition coefficient (Wildman–Crippen LogP) is 4.41. The number of benzene rings is 2. The monoisotopic (exact) mass is 290 g/mol. The molecule has 0 bridgehead atoms. The topological polar surface area (TPSA) is 3.88 Å². The standard InChI is InChI=1S/C19H16NS/c1-3-7-15(8-4-1)17-13-18(16-9-5-2-6-10-16)20-11-12-21-19(20)14-17/h1-10,13-14H,11-12H2/q+1. The maximum Gasteiger partial charge on any atom is 0.241 e. The molecule has 2 aromatic carbocycles. The van der Waals surface area contributed by atoms with Gasteiger partial charge in [-0.1, -0.05) is 60.3 Å². The fourth-order valence-electron chi connectivity index (χ4n) is 2.83. The number of aromatic nitrogens is 1. The van der Waals surface area contributed by atoms with Crippen molar-refractivity contribution in [3.8, 4) is 22.4 Å². The molecule has 0 radical (unpaired) electrons. The second-order valence-corrected chi connectivity index (χ2v) is 6.31. The van der Waals surface area contributed by atoms with Crippen LogP contribution in [0.1, 0.15) is 0 Å². The zero-order valence-corrected chi connectivity index (χ0v) is 12.5. The third-order valence-electron chi connectivity index (χ3n) is 3.87. The minimum atomic E-state index is 1.10. The second-order valence-electron chi connectivity index (χ2n) is 5.20. The van der Waals surface area contributed by atoms with E-state index >= 15 is 0 Å². The number of thioether (sulfide) groups is 1. The van der Waals surface area contributed by atoms with Crippen molar-refractivity contribution in [2.75, 3.05) is 5.75 Å². The van der Waals surface area contributed by atoms with Crippen molar-refractivity contribution < 1.29 is 4.57 Å². The summed E-state index contributed by atoms with van der Waals surface area (Å²) in [5, 5.41) is 1.37. The summed E-state index contributed by atoms with van der Waals surface area (Å²) in [5.41, 5.74) is 5.19. The highest BCUT2D eigenvalue weighted by Gasteiger charge is 2.26. The molecular weight excluding hydrogens is 274 g/mol. The van der Waals surface area contributed by atoms with Crippen LogP contribution in [0, 0.1) is 0 Å². The van der Waals surface area contributed by atoms with Crippen molar-refractivity contribution in [1.29, 1.82) is 0 Å². The number of rotatable bonds is 2. The van der Waals surface area contributed by atoms with Gasteiger partial charge in [-0.25, -0.2) is 0 Å². The molecule has 0 amide bonds.